The van der Waals surface area contributed by atoms with E-state index in [0.717, 1.165) is 10.0 Å². The molecule has 3 aromatic rings. The highest BCUT2D eigenvalue weighted by Crippen LogP contribution is 2.32. The maximum Gasteiger partial charge on any atom is 0.428 e. The van der Waals surface area contributed by atoms with E-state index in [4.69, 9.17) is 23.2 Å². The van der Waals surface area contributed by atoms with Crippen molar-refractivity contribution in [1.82, 2.24) is 24.8 Å². The molecule has 0 spiro atoms. The number of carbonyl (C=O) groups is 3. The van der Waals surface area contributed by atoms with Gasteiger partial charge in [0.15, 0.2) is 11.0 Å². The van der Waals surface area contributed by atoms with Crippen LogP contribution in [-0.2, 0) is 4.74 Å². The number of amides is 3. The number of pyridine rings is 1. The summed E-state index contributed by atoms with van der Waals surface area (Å²) >= 11 is 19.0. The maximum absolute atomic E-state index is 13.3. The molecule has 3 amide bonds. The van der Waals surface area contributed by atoms with Crippen LogP contribution in [0.25, 0.3) is 5.82 Å². The third-order valence-electron chi connectivity index (χ3n) is 4.56. The Balaban J connectivity index is 2.02. The van der Waals surface area contributed by atoms with E-state index >= 15 is 0 Å². The minimum absolute atomic E-state index is 0.0267. The number of nitrogens with zero attached hydrogens (tertiary/aromatic N) is 5. The number of nitrogens with one attached hydrogen (secondary N) is 1. The molecule has 178 valence electrons. The van der Waals surface area contributed by atoms with Crippen molar-refractivity contribution in [3.05, 3.63) is 66.9 Å². The monoisotopic (exact) mass is 632 g/mol. The average molecular weight is 635 g/mol. The topological polar surface area (TPSA) is 110 Å². The van der Waals surface area contributed by atoms with E-state index in [-0.39, 0.29) is 32.9 Å². The fraction of sp³-hybridized carbons (Fsp3) is 0.150. The zero-order chi connectivity index (χ0) is 25.2. The number of aromatic nitrogens is 3. The summed E-state index contributed by atoms with van der Waals surface area (Å²) in [7, 11) is 3.95. The fourth-order valence-corrected chi connectivity index (χ4v) is 4.53. The summed E-state index contributed by atoms with van der Waals surface area (Å²) in [6.45, 7) is 0. The van der Waals surface area contributed by atoms with Gasteiger partial charge in [0.1, 0.15) is 5.69 Å². The summed E-state index contributed by atoms with van der Waals surface area (Å²) < 4.78 is 6.81. The highest BCUT2D eigenvalue weighted by atomic mass is 79.9. The summed E-state index contributed by atoms with van der Waals surface area (Å²) in [5.74, 6) is -1.03. The van der Waals surface area contributed by atoms with Crippen LogP contribution in [0.4, 0.5) is 10.5 Å². The van der Waals surface area contributed by atoms with Gasteiger partial charge < -0.3 is 10.1 Å². The van der Waals surface area contributed by atoms with Crippen molar-refractivity contribution in [3.63, 3.8) is 0 Å². The van der Waals surface area contributed by atoms with E-state index in [9.17, 15) is 14.4 Å². The molecule has 0 fully saturated rings. The molecular formula is C20H16Br2Cl2N6O4. The van der Waals surface area contributed by atoms with Crippen LogP contribution in [0.15, 0.2) is 45.5 Å². The molecule has 2 aromatic heterocycles. The molecule has 14 heteroatoms. The van der Waals surface area contributed by atoms with Crippen molar-refractivity contribution >= 4 is 78.7 Å². The van der Waals surface area contributed by atoms with E-state index < -0.39 is 17.9 Å². The molecule has 0 aliphatic carbocycles. The van der Waals surface area contributed by atoms with Gasteiger partial charge in [-0.2, -0.15) is 5.10 Å². The van der Waals surface area contributed by atoms with Gasteiger partial charge in [0.2, 0.25) is 0 Å². The average Bonchev–Trinajstić information content (AvgIpc) is 3.20. The predicted octanol–water partition coefficient (Wildman–Crippen LogP) is 5.04. The van der Waals surface area contributed by atoms with Crippen molar-refractivity contribution in [2.24, 2.45) is 0 Å². The van der Waals surface area contributed by atoms with Gasteiger partial charge in [-0.25, -0.2) is 24.5 Å². The van der Waals surface area contributed by atoms with Crippen LogP contribution in [0, 0.1) is 0 Å². The molecule has 0 unspecified atom stereocenters. The van der Waals surface area contributed by atoms with E-state index in [1.165, 1.54) is 44.2 Å². The van der Waals surface area contributed by atoms with Crippen molar-refractivity contribution in [1.29, 1.82) is 0 Å². The molecule has 1 N–H and O–H groups in total. The van der Waals surface area contributed by atoms with E-state index in [1.807, 2.05) is 0 Å². The molecule has 34 heavy (non-hydrogen) atoms. The summed E-state index contributed by atoms with van der Waals surface area (Å²) in [4.78, 5) is 42.5. The molecule has 0 saturated carbocycles. The number of hydrazine groups is 1. The van der Waals surface area contributed by atoms with Gasteiger partial charge in [0.05, 0.1) is 23.4 Å². The molecular weight excluding hydrogens is 619 g/mol. The highest BCUT2D eigenvalue weighted by Gasteiger charge is 2.27. The second-order valence-corrected chi connectivity index (χ2v) is 9.22. The molecule has 10 nitrogen and oxygen atoms in total. The minimum Gasteiger partial charge on any atom is -0.452 e. The van der Waals surface area contributed by atoms with Gasteiger partial charge >= 0.3 is 6.09 Å². The lowest BCUT2D eigenvalue weighted by Crippen LogP contribution is -2.45. The Kier molecular flexibility index (Phi) is 8.18. The van der Waals surface area contributed by atoms with Crippen LogP contribution < -0.4 is 5.32 Å². The van der Waals surface area contributed by atoms with E-state index in [0.29, 0.717) is 8.95 Å². The smallest absolute Gasteiger partial charge is 0.428 e. The molecule has 0 aliphatic heterocycles. The van der Waals surface area contributed by atoms with Crippen LogP contribution in [0.5, 0.6) is 0 Å². The number of hydrogen-bond donors (Lipinski definition) is 1. The number of methoxy groups -OCH3 is 1. The first kappa shape index (κ1) is 25.9. The minimum atomic E-state index is -0.749. The van der Waals surface area contributed by atoms with Gasteiger partial charge in [-0.05, 0) is 40.2 Å². The first-order valence-electron chi connectivity index (χ1n) is 9.31. The first-order chi connectivity index (χ1) is 16.0. The normalized spacial score (nSPS) is 10.6. The van der Waals surface area contributed by atoms with Crippen molar-refractivity contribution in [3.8, 4) is 5.82 Å². The number of benzene rings is 1. The van der Waals surface area contributed by atoms with Crippen LogP contribution in [-0.4, -0.2) is 63.9 Å². The Morgan fingerprint density at radius 3 is 2.47 bits per heavy atom. The van der Waals surface area contributed by atoms with Crippen LogP contribution in [0.3, 0.4) is 0 Å². The molecule has 0 radical (unpaired) electrons. The van der Waals surface area contributed by atoms with Gasteiger partial charge in [-0.1, -0.05) is 39.1 Å². The highest BCUT2D eigenvalue weighted by molar-refractivity contribution is 9.11. The molecule has 0 aliphatic rings. The number of hydrogen-bond acceptors (Lipinski definition) is 6. The zero-order valence-corrected chi connectivity index (χ0v) is 22.5. The second-order valence-electron chi connectivity index (χ2n) is 6.66. The first-order valence-corrected chi connectivity index (χ1v) is 11.7. The Bertz CT molecular complexity index is 1290. The second kappa shape index (κ2) is 10.7. The number of halogens is 4. The summed E-state index contributed by atoms with van der Waals surface area (Å²) in [5.41, 5.74) is 0.263. The Labute approximate surface area is 221 Å². The fourth-order valence-electron chi connectivity index (χ4n) is 2.82. The number of rotatable bonds is 4. The molecule has 1 aromatic carbocycles. The van der Waals surface area contributed by atoms with Crippen LogP contribution >= 0.6 is 55.1 Å². The summed E-state index contributed by atoms with van der Waals surface area (Å²) in [6.07, 6.45) is 0.745. The standard InChI is InChI=1S/C20H16Br2Cl2N6O4/c1-28(29(2)20(33)34-3)19(32)11-7-10(21)8-12(22)16(11)26-18(31)14-9-15(24)27-30(14)17-13(23)5-4-6-25-17/h4-9H,1-3H3,(H,26,31). The summed E-state index contributed by atoms with van der Waals surface area (Å²) in [5, 5.41) is 9.13. The number of anilines is 1. The lowest BCUT2D eigenvalue weighted by molar-refractivity contribution is 0.0193. The van der Waals surface area contributed by atoms with Crippen LogP contribution in [0.1, 0.15) is 20.8 Å². The lowest BCUT2D eigenvalue weighted by atomic mass is 10.1. The van der Waals surface area contributed by atoms with E-state index in [2.05, 4.69) is 52.0 Å². The number of carbonyl (C=O) groups excluding carboxylic acids is 3. The molecule has 0 atom stereocenters. The van der Waals surface area contributed by atoms with Gasteiger partial charge in [-0.3, -0.25) is 9.59 Å². The van der Waals surface area contributed by atoms with Crippen molar-refractivity contribution in [2.45, 2.75) is 0 Å². The van der Waals surface area contributed by atoms with Gasteiger partial charge in [0.25, 0.3) is 11.8 Å². The predicted molar refractivity (Wildman–Crippen MR) is 133 cm³/mol. The maximum atomic E-state index is 13.3. The molecule has 3 rings (SSSR count). The molecule has 0 bridgehead atoms. The third kappa shape index (κ3) is 5.35. The van der Waals surface area contributed by atoms with Gasteiger partial charge in [0, 0.05) is 35.3 Å². The SMILES string of the molecule is COC(=O)N(C)N(C)C(=O)c1cc(Br)cc(Br)c1NC(=O)c1cc(Cl)nn1-c1ncccc1Cl. The number of ether oxygens (including phenoxy) is 1. The largest absolute Gasteiger partial charge is 0.452 e. The Morgan fingerprint density at radius 2 is 1.82 bits per heavy atom. The molecule has 2 heterocycles. The van der Waals surface area contributed by atoms with Crippen LogP contribution in [0.2, 0.25) is 10.2 Å². The Hall–Kier alpha value is -2.67. The van der Waals surface area contributed by atoms with Gasteiger partial charge in [-0.15, -0.1) is 0 Å². The zero-order valence-electron chi connectivity index (χ0n) is 17.8. The summed E-state index contributed by atoms with van der Waals surface area (Å²) in [6, 6.07) is 7.72. The lowest BCUT2D eigenvalue weighted by Gasteiger charge is -2.27. The quantitative estimate of drug-likeness (QED) is 0.403. The van der Waals surface area contributed by atoms with E-state index in [1.54, 1.807) is 18.2 Å². The van der Waals surface area contributed by atoms with Crippen molar-refractivity contribution < 1.29 is 19.1 Å². The van der Waals surface area contributed by atoms with Crippen molar-refractivity contribution in [2.75, 3.05) is 26.5 Å². The molecule has 0 saturated heterocycles. The Morgan fingerprint density at radius 1 is 1.12 bits per heavy atom. The third-order valence-corrected chi connectivity index (χ3v) is 6.12.